The maximum atomic E-state index is 13.0. The normalized spacial score (nSPS) is 15.9. The van der Waals surface area contributed by atoms with Gasteiger partial charge in [-0.15, -0.1) is 0 Å². The van der Waals surface area contributed by atoms with Crippen LogP contribution in [0.15, 0.2) is 41.0 Å². The lowest BCUT2D eigenvalue weighted by atomic mass is 9.74. The molecule has 1 aliphatic carbocycles. The maximum absolute atomic E-state index is 13.0. The molecule has 0 aliphatic heterocycles. The molecule has 6 nitrogen and oxygen atoms in total. The van der Waals surface area contributed by atoms with E-state index in [0.717, 1.165) is 24.8 Å². The Morgan fingerprint density at radius 1 is 1.15 bits per heavy atom. The van der Waals surface area contributed by atoms with E-state index in [0.29, 0.717) is 30.8 Å². The third-order valence-electron chi connectivity index (χ3n) is 5.08. The number of rotatable bonds is 7. The molecule has 0 unspecified atom stereocenters. The smallest absolute Gasteiger partial charge is 0.321 e. The summed E-state index contributed by atoms with van der Waals surface area (Å²) < 4.78 is 16.0. The number of ether oxygens (including phenoxy) is 2. The summed E-state index contributed by atoms with van der Waals surface area (Å²) in [6.07, 6.45) is 6.46. The summed E-state index contributed by atoms with van der Waals surface area (Å²) in [7, 11) is 1.36. The molecular weight excluding hydrogens is 346 g/mol. The van der Waals surface area contributed by atoms with E-state index in [4.69, 9.17) is 9.15 Å². The summed E-state index contributed by atoms with van der Waals surface area (Å²) in [4.78, 5) is 28.9. The van der Waals surface area contributed by atoms with Gasteiger partial charge in [0.15, 0.2) is 0 Å². The lowest BCUT2D eigenvalue weighted by Gasteiger charge is -2.31. The predicted molar refractivity (Wildman–Crippen MR) is 97.8 cm³/mol. The molecule has 0 spiro atoms. The van der Waals surface area contributed by atoms with Gasteiger partial charge in [-0.25, -0.2) is 4.98 Å². The van der Waals surface area contributed by atoms with Crippen molar-refractivity contribution >= 4 is 11.9 Å². The van der Waals surface area contributed by atoms with Gasteiger partial charge >= 0.3 is 11.9 Å². The Kier molecular flexibility index (Phi) is 6.27. The summed E-state index contributed by atoms with van der Waals surface area (Å²) >= 11 is 0. The fourth-order valence-electron chi connectivity index (χ4n) is 3.50. The van der Waals surface area contributed by atoms with Gasteiger partial charge in [0, 0.05) is 6.42 Å². The Bertz CT molecular complexity index is 762. The molecule has 2 aromatic rings. The Morgan fingerprint density at radius 3 is 2.59 bits per heavy atom. The number of aryl methyl sites for hydroxylation is 1. The molecule has 0 radical (unpaired) electrons. The van der Waals surface area contributed by atoms with Gasteiger partial charge in [0.05, 0.1) is 19.2 Å². The first-order chi connectivity index (χ1) is 13.1. The van der Waals surface area contributed by atoms with Crippen molar-refractivity contribution in [3.63, 3.8) is 0 Å². The Morgan fingerprint density at radius 2 is 1.89 bits per heavy atom. The van der Waals surface area contributed by atoms with Crippen LogP contribution < -0.4 is 0 Å². The zero-order valence-corrected chi connectivity index (χ0v) is 15.6. The van der Waals surface area contributed by atoms with Crippen LogP contribution in [-0.4, -0.2) is 24.0 Å². The molecule has 1 aromatic carbocycles. The number of nitrogens with zero attached hydrogens (tertiary/aromatic N) is 1. The van der Waals surface area contributed by atoms with Crippen LogP contribution in [-0.2, 0) is 37.5 Å². The molecule has 0 N–H and O–H groups in total. The Balaban J connectivity index is 1.73. The number of carbonyl (C=O) groups excluding carboxylic acids is 2. The molecule has 0 atom stereocenters. The van der Waals surface area contributed by atoms with Crippen molar-refractivity contribution in [2.24, 2.45) is 0 Å². The van der Waals surface area contributed by atoms with Gasteiger partial charge in [0.25, 0.3) is 0 Å². The number of hydrogen-bond donors (Lipinski definition) is 0. The highest BCUT2D eigenvalue weighted by molar-refractivity contribution is 5.82. The van der Waals surface area contributed by atoms with Crippen LogP contribution in [0.2, 0.25) is 0 Å². The van der Waals surface area contributed by atoms with Crippen LogP contribution in [0.4, 0.5) is 0 Å². The second-order valence-electron chi connectivity index (χ2n) is 6.92. The van der Waals surface area contributed by atoms with E-state index in [1.165, 1.54) is 13.4 Å². The monoisotopic (exact) mass is 371 g/mol. The van der Waals surface area contributed by atoms with Gasteiger partial charge in [0.2, 0.25) is 5.89 Å². The quantitative estimate of drug-likeness (QED) is 0.690. The van der Waals surface area contributed by atoms with Crippen molar-refractivity contribution < 1.29 is 23.5 Å². The molecule has 144 valence electrons. The van der Waals surface area contributed by atoms with Crippen molar-refractivity contribution in [1.82, 2.24) is 4.98 Å². The minimum atomic E-state index is -0.837. The van der Waals surface area contributed by atoms with Crippen molar-refractivity contribution in [3.05, 3.63) is 53.7 Å². The van der Waals surface area contributed by atoms with Gasteiger partial charge < -0.3 is 13.9 Å². The summed E-state index contributed by atoms with van der Waals surface area (Å²) in [5.74, 6) is -0.179. The second-order valence-corrected chi connectivity index (χ2v) is 6.92. The number of hydrogen-bond acceptors (Lipinski definition) is 6. The van der Waals surface area contributed by atoms with Gasteiger partial charge in [-0.2, -0.15) is 0 Å². The first-order valence-corrected chi connectivity index (χ1v) is 9.37. The third kappa shape index (κ3) is 4.56. The number of methoxy groups -OCH3 is 1. The number of esters is 2. The maximum Gasteiger partial charge on any atom is 0.321 e. The molecule has 1 saturated carbocycles. The van der Waals surface area contributed by atoms with Gasteiger partial charge in [-0.05, 0) is 18.4 Å². The zero-order valence-electron chi connectivity index (χ0n) is 15.6. The van der Waals surface area contributed by atoms with Gasteiger partial charge in [-0.1, -0.05) is 49.6 Å². The van der Waals surface area contributed by atoms with Gasteiger partial charge in [0.1, 0.15) is 18.3 Å². The van der Waals surface area contributed by atoms with Crippen LogP contribution in [0.3, 0.4) is 0 Å². The fraction of sp³-hybridized carbons (Fsp3) is 0.476. The van der Waals surface area contributed by atoms with E-state index >= 15 is 0 Å². The second kappa shape index (κ2) is 8.84. The highest BCUT2D eigenvalue weighted by Gasteiger charge is 2.47. The first-order valence-electron chi connectivity index (χ1n) is 9.37. The first kappa shape index (κ1) is 19.1. The van der Waals surface area contributed by atoms with Crippen LogP contribution >= 0.6 is 0 Å². The number of aromatic nitrogens is 1. The summed E-state index contributed by atoms with van der Waals surface area (Å²) in [6, 6.07) is 9.62. The minimum absolute atomic E-state index is 0.230. The van der Waals surface area contributed by atoms with E-state index in [2.05, 4.69) is 9.72 Å². The summed E-state index contributed by atoms with van der Waals surface area (Å²) in [5.41, 5.74) is 0.760. The van der Waals surface area contributed by atoms with Gasteiger partial charge in [-0.3, -0.25) is 9.59 Å². The molecule has 1 fully saturated rings. The molecule has 0 saturated heterocycles. The summed E-state index contributed by atoms with van der Waals surface area (Å²) in [5, 5.41) is 0. The van der Waals surface area contributed by atoms with Crippen molar-refractivity contribution in [2.75, 3.05) is 7.11 Å². The van der Waals surface area contributed by atoms with Crippen LogP contribution in [0.5, 0.6) is 0 Å². The van der Waals surface area contributed by atoms with Crippen LogP contribution in [0.25, 0.3) is 0 Å². The Labute approximate surface area is 158 Å². The molecule has 1 heterocycles. The average molecular weight is 371 g/mol. The lowest BCUT2D eigenvalue weighted by molar-refractivity contribution is -0.154. The average Bonchev–Trinajstić information content (AvgIpc) is 3.21. The molecule has 1 aromatic heterocycles. The SMILES string of the molecule is COC(=O)CCc1coc(C2(C(=O)OCc3ccccc3)CCCCC2)n1. The van der Waals surface area contributed by atoms with Crippen molar-refractivity contribution in [3.8, 4) is 0 Å². The van der Waals surface area contributed by atoms with Crippen molar-refractivity contribution in [1.29, 1.82) is 0 Å². The molecule has 27 heavy (non-hydrogen) atoms. The Hall–Kier alpha value is -2.63. The topological polar surface area (TPSA) is 78.6 Å². The standard InChI is InChI=1S/C21H25NO5/c1-25-18(23)11-10-17-15-26-19(22-17)21(12-6-3-7-13-21)20(24)27-14-16-8-4-2-5-9-16/h2,4-5,8-9,15H,3,6-7,10-14H2,1H3. The molecule has 6 heteroatoms. The van der Waals surface area contributed by atoms with Crippen LogP contribution in [0.1, 0.15) is 55.7 Å². The van der Waals surface area contributed by atoms with E-state index < -0.39 is 5.41 Å². The molecular formula is C21H25NO5. The molecule has 3 rings (SSSR count). The predicted octanol–water partition coefficient (Wildman–Crippen LogP) is 3.73. The third-order valence-corrected chi connectivity index (χ3v) is 5.08. The molecule has 0 bridgehead atoms. The highest BCUT2D eigenvalue weighted by Crippen LogP contribution is 2.40. The lowest BCUT2D eigenvalue weighted by Crippen LogP contribution is -2.39. The molecule has 1 aliphatic rings. The number of oxazole rings is 1. The highest BCUT2D eigenvalue weighted by atomic mass is 16.5. The minimum Gasteiger partial charge on any atom is -0.469 e. The fourth-order valence-corrected chi connectivity index (χ4v) is 3.50. The van der Waals surface area contributed by atoms with E-state index in [9.17, 15) is 9.59 Å². The number of benzene rings is 1. The summed E-state index contributed by atoms with van der Waals surface area (Å²) in [6.45, 7) is 0.233. The molecule has 0 amide bonds. The van der Waals surface area contributed by atoms with Crippen molar-refractivity contribution in [2.45, 2.75) is 57.0 Å². The van der Waals surface area contributed by atoms with E-state index in [1.54, 1.807) is 0 Å². The zero-order chi connectivity index (χ0) is 19.1. The van der Waals surface area contributed by atoms with E-state index in [-0.39, 0.29) is 25.0 Å². The number of carbonyl (C=O) groups is 2. The van der Waals surface area contributed by atoms with E-state index in [1.807, 2.05) is 30.3 Å². The van der Waals surface area contributed by atoms with Crippen LogP contribution in [0, 0.1) is 0 Å². The largest absolute Gasteiger partial charge is 0.469 e.